The van der Waals surface area contributed by atoms with Crippen molar-refractivity contribution in [3.63, 3.8) is 0 Å². The predicted molar refractivity (Wildman–Crippen MR) is 378 cm³/mol. The van der Waals surface area contributed by atoms with Gasteiger partial charge in [-0.1, -0.05) is 68.0 Å². The fourth-order valence-electron chi connectivity index (χ4n) is 16.6. The van der Waals surface area contributed by atoms with Crippen LogP contribution in [0.15, 0.2) is 97.2 Å². The highest BCUT2D eigenvalue weighted by molar-refractivity contribution is 7.22. The summed E-state index contributed by atoms with van der Waals surface area (Å²) in [6.07, 6.45) is 4.73. The number of unbranched alkanes of at least 4 members (excludes halogenated alkanes) is 2. The van der Waals surface area contributed by atoms with Crippen LogP contribution in [0.4, 0.5) is 21.4 Å². The molecule has 3 aromatic heterocycles. The molecule has 5 fully saturated rings. The number of carbonyl (C=O) groups excluding carboxylic acids is 6. The Labute approximate surface area is 603 Å². The topological polar surface area (TPSA) is 382 Å². The lowest BCUT2D eigenvalue weighted by molar-refractivity contribution is -0.271. The van der Waals surface area contributed by atoms with Gasteiger partial charge in [0.2, 0.25) is 18.1 Å². The number of para-hydroxylation sites is 1. The lowest BCUT2D eigenvalue weighted by Gasteiger charge is -2.69. The van der Waals surface area contributed by atoms with Crippen LogP contribution in [0.2, 0.25) is 0 Å². The van der Waals surface area contributed by atoms with Crippen LogP contribution in [0.5, 0.6) is 5.75 Å². The molecule has 7 aliphatic rings. The minimum atomic E-state index is -1.98. The Balaban J connectivity index is 0.597. The molecule has 13 rings (SSSR count). The molecule has 3 aliphatic heterocycles. The number of nitrogens with zero attached hydrogens (tertiary/aromatic N) is 7. The fraction of sp³-hybridized carbons (Fsp3) is 0.473. The maximum Gasteiger partial charge on any atom is 0.433 e. The summed E-state index contributed by atoms with van der Waals surface area (Å²) in [5.41, 5.74) is 5.14. The number of thiazole rings is 1. The molecule has 4 saturated carbocycles. The van der Waals surface area contributed by atoms with Crippen molar-refractivity contribution in [2.24, 2.45) is 16.2 Å². The predicted octanol–water partition coefficient (Wildman–Crippen LogP) is 7.44. The van der Waals surface area contributed by atoms with E-state index in [1.807, 2.05) is 65.0 Å². The monoisotopic (exact) mass is 1450 g/mol. The summed E-state index contributed by atoms with van der Waals surface area (Å²) in [6.45, 7) is 9.06. The summed E-state index contributed by atoms with van der Waals surface area (Å²) in [4.78, 5) is 119. The highest BCUT2D eigenvalue weighted by atomic mass is 32.1. The standard InChI is InChI=1S/C74H86N10O19S/c1-44-49(47-19-21-55(79-60(47)66(93)94)82-28-25-46-13-10-14-48(50(46)36-82)65(92)80-69-78-51-15-7-8-16-54(51)104-69)35-76-84(44)43-73-38-71(2)37-72(3,39-73)41-74(40-71,42-73)100-32-30-98-31-33-101-81(4)70(97)99-29-11-12-45-18-20-53(102-68-63(91)61(89)62(90)64(103-68)67(95)96)52(34-45)77-57(86)24-26-75-56(85)17-6-5-9-27-83-58(87)22-23-59(83)88/h7-8,10-16,18-23,34-35,61-64,68,89-91H,5-6,9,17,24-33,36-43H2,1-4H3,(H,75,85)(H,77,86)(H,93,94)(H,95,96)(H,78,80,92)/b12-11+/t61-,62+,63-,64-,68+,71?,72?,73?,74?/m0/s1. The Morgan fingerprint density at radius 3 is 2.33 bits per heavy atom. The average Bonchev–Trinajstić information content (AvgIpc) is 0.734. The average molecular weight is 1450 g/mol. The highest BCUT2D eigenvalue weighted by Gasteiger charge is 2.66. The largest absolute Gasteiger partial charge is 0.479 e. The second kappa shape index (κ2) is 31.4. The molecule has 29 nitrogen and oxygen atoms in total. The van der Waals surface area contributed by atoms with Gasteiger partial charge in [-0.25, -0.2) is 24.4 Å². The molecule has 104 heavy (non-hydrogen) atoms. The van der Waals surface area contributed by atoms with E-state index >= 15 is 0 Å². The molecule has 6 amide bonds. The maximum atomic E-state index is 13.8. The molecular formula is C74H86N10O19S. The zero-order valence-electron chi connectivity index (χ0n) is 58.2. The first kappa shape index (κ1) is 74.2. The van der Waals surface area contributed by atoms with Crippen molar-refractivity contribution >= 4 is 91.8 Å². The number of aliphatic hydroxyl groups excluding tert-OH is 3. The summed E-state index contributed by atoms with van der Waals surface area (Å²) in [5.74, 6) is -4.32. The number of amides is 6. The number of carboxylic acids is 2. The number of aliphatic carboxylic acids is 1. The number of fused-ring (bicyclic) bond motifs is 2. The Morgan fingerprint density at radius 1 is 0.798 bits per heavy atom. The molecule has 7 atom stereocenters. The SMILES string of the molecule is Cc1c(-c2ccc(N3CCc4cccc(C(=O)Nc5nc6ccccc6s5)c4C3)nc2C(=O)O)cnn1CC12CC3(C)CC(C)(C1)CC(OCCOCCON(C)C(=O)OC/C=C/c1ccc(O[C@@H]4O[C@H](C(=O)O)[C@H](O)[C@H](O)[C@@H]4O)c(NC(=O)CCNC(=O)CCCCCN4C(=O)C=CC4=O)c1)(C3)C2. The summed E-state index contributed by atoms with van der Waals surface area (Å²) in [5, 5.41) is 66.3. The first-order chi connectivity index (χ1) is 49.8. The van der Waals surface area contributed by atoms with Crippen molar-refractivity contribution in [2.75, 3.05) is 75.2 Å². The van der Waals surface area contributed by atoms with Crippen LogP contribution < -0.4 is 25.6 Å². The lowest BCUT2D eigenvalue weighted by Crippen LogP contribution is -2.64. The second-order valence-corrected chi connectivity index (χ2v) is 29.6. The fourth-order valence-corrected chi connectivity index (χ4v) is 17.5. The quantitative estimate of drug-likeness (QED) is 0.0119. The van der Waals surface area contributed by atoms with Crippen LogP contribution in [0.1, 0.15) is 128 Å². The van der Waals surface area contributed by atoms with Gasteiger partial charge in [0, 0.05) is 87.1 Å². The number of hydrogen-bond acceptors (Lipinski definition) is 22. The van der Waals surface area contributed by atoms with Gasteiger partial charge in [0.1, 0.15) is 36.5 Å². The number of carbonyl (C=O) groups is 8. The smallest absolute Gasteiger partial charge is 0.433 e. The van der Waals surface area contributed by atoms with E-state index < -0.39 is 60.2 Å². The van der Waals surface area contributed by atoms with Crippen LogP contribution >= 0.6 is 11.3 Å². The Hall–Kier alpha value is -9.53. The van der Waals surface area contributed by atoms with Gasteiger partial charge in [0.05, 0.1) is 54.1 Å². The number of aromatic carboxylic acids is 1. The molecule has 8 N–H and O–H groups in total. The molecule has 0 spiro atoms. The van der Waals surface area contributed by atoms with E-state index in [2.05, 4.69) is 34.8 Å². The van der Waals surface area contributed by atoms with E-state index in [0.717, 1.165) is 75.5 Å². The summed E-state index contributed by atoms with van der Waals surface area (Å²) in [6, 6.07) is 21.5. The number of benzene rings is 3. The van der Waals surface area contributed by atoms with Crippen LogP contribution in [-0.2, 0) is 67.3 Å². The molecule has 3 aromatic carbocycles. The normalized spacial score (nSPS) is 24.6. The molecule has 4 aliphatic carbocycles. The van der Waals surface area contributed by atoms with E-state index in [4.69, 9.17) is 38.6 Å². The van der Waals surface area contributed by atoms with Gasteiger partial charge in [-0.15, -0.1) is 0 Å². The molecule has 30 heteroatoms. The van der Waals surface area contributed by atoms with Gasteiger partial charge in [-0.3, -0.25) is 43.7 Å². The minimum Gasteiger partial charge on any atom is -0.479 e. The van der Waals surface area contributed by atoms with Gasteiger partial charge in [-0.2, -0.15) is 10.2 Å². The van der Waals surface area contributed by atoms with Crippen LogP contribution in [-0.4, -0.2) is 199 Å². The zero-order valence-corrected chi connectivity index (χ0v) is 59.1. The maximum absolute atomic E-state index is 13.8. The van der Waals surface area contributed by atoms with E-state index in [0.29, 0.717) is 85.1 Å². The summed E-state index contributed by atoms with van der Waals surface area (Å²) in [7, 11) is 1.39. The number of carboxylic acid groups (broad SMARTS) is 2. The van der Waals surface area contributed by atoms with Crippen molar-refractivity contribution in [2.45, 2.75) is 147 Å². The Bertz CT molecular complexity index is 4260. The minimum absolute atomic E-state index is 0.0101. The van der Waals surface area contributed by atoms with Crippen molar-refractivity contribution in [3.05, 3.63) is 131 Å². The number of ether oxygens (including phenoxy) is 5. The van der Waals surface area contributed by atoms with E-state index in [-0.39, 0.29) is 109 Å². The molecular weight excluding hydrogens is 1360 g/mol. The number of anilines is 3. The molecule has 6 heterocycles. The van der Waals surface area contributed by atoms with Gasteiger partial charge in [-0.05, 0) is 146 Å². The van der Waals surface area contributed by atoms with Crippen molar-refractivity contribution in [1.82, 2.24) is 35.0 Å². The third-order valence-corrected chi connectivity index (χ3v) is 21.1. The Morgan fingerprint density at radius 2 is 1.57 bits per heavy atom. The first-order valence-electron chi connectivity index (χ1n) is 34.8. The number of rotatable bonds is 31. The number of aromatic nitrogens is 4. The summed E-state index contributed by atoms with van der Waals surface area (Å²) >= 11 is 1.41. The van der Waals surface area contributed by atoms with E-state index in [9.17, 15) is 63.9 Å². The third kappa shape index (κ3) is 17.0. The van der Waals surface area contributed by atoms with Crippen molar-refractivity contribution < 1.29 is 92.4 Å². The van der Waals surface area contributed by atoms with Crippen LogP contribution in [0.3, 0.4) is 0 Å². The molecule has 1 saturated heterocycles. The zero-order chi connectivity index (χ0) is 73.7. The number of hydroxylamine groups is 2. The third-order valence-electron chi connectivity index (χ3n) is 20.2. The highest BCUT2D eigenvalue weighted by Crippen LogP contribution is 2.72. The van der Waals surface area contributed by atoms with Crippen LogP contribution in [0, 0.1) is 23.2 Å². The molecule has 0 radical (unpaired) electrons. The van der Waals surface area contributed by atoms with Gasteiger partial charge < -0.3 is 64.8 Å². The van der Waals surface area contributed by atoms with Crippen LogP contribution in [0.25, 0.3) is 27.4 Å². The number of imide groups is 1. The number of pyridine rings is 1. The van der Waals surface area contributed by atoms with Gasteiger partial charge in [0.15, 0.2) is 16.9 Å². The lowest BCUT2D eigenvalue weighted by atomic mass is 9.39. The Kier molecular flexibility index (Phi) is 22.4. The molecule has 4 bridgehead atoms. The first-order valence-corrected chi connectivity index (χ1v) is 35.6. The molecule has 552 valence electrons. The second-order valence-electron chi connectivity index (χ2n) is 28.6. The van der Waals surface area contributed by atoms with Crippen molar-refractivity contribution in [3.8, 4) is 16.9 Å². The molecule has 6 aromatic rings. The number of nitrogens with one attached hydrogen (secondary N) is 3. The van der Waals surface area contributed by atoms with Crippen molar-refractivity contribution in [1.29, 1.82) is 0 Å². The van der Waals surface area contributed by atoms with E-state index in [1.165, 1.54) is 54.8 Å². The number of hydrogen-bond donors (Lipinski definition) is 8. The van der Waals surface area contributed by atoms with E-state index in [1.54, 1.807) is 18.3 Å². The number of aliphatic hydroxyl groups is 3. The van der Waals surface area contributed by atoms with Gasteiger partial charge >= 0.3 is 18.0 Å². The molecule has 2 unspecified atom stereocenters. The summed E-state index contributed by atoms with van der Waals surface area (Å²) < 4.78 is 32.3. The van der Waals surface area contributed by atoms with Gasteiger partial charge in [0.25, 0.3) is 17.7 Å².